The number of carboxylic acids is 1. The van der Waals surface area contributed by atoms with Gasteiger partial charge in [0.15, 0.2) is 0 Å². The third-order valence-electron chi connectivity index (χ3n) is 3.38. The van der Waals surface area contributed by atoms with Crippen LogP contribution in [0.25, 0.3) is 0 Å². The summed E-state index contributed by atoms with van der Waals surface area (Å²) in [5.41, 5.74) is 5.33. The number of hydrogen-bond acceptors (Lipinski definition) is 1. The molecular formula is C15H11BrO2. The standard InChI is InChI=1S/C15H11BrO2/c16-14-4-3-10-5-12-7-11(15(17)18)2-1-9(12)6-13(10)8-14/h1-4,7-8H,5-6H2,(H,17,18). The first-order chi connectivity index (χ1) is 8.63. The molecule has 0 radical (unpaired) electrons. The first kappa shape index (κ1) is 11.5. The van der Waals surface area contributed by atoms with Crippen molar-refractivity contribution in [3.63, 3.8) is 0 Å². The number of carbonyl (C=O) groups is 1. The SMILES string of the molecule is O=C(O)c1ccc2c(c1)Cc1ccc(Br)cc1C2. The fraction of sp³-hybridized carbons (Fsp3) is 0.133. The van der Waals surface area contributed by atoms with Crippen molar-refractivity contribution in [1.82, 2.24) is 0 Å². The van der Waals surface area contributed by atoms with E-state index in [-0.39, 0.29) is 0 Å². The summed E-state index contributed by atoms with van der Waals surface area (Å²) in [6, 6.07) is 11.7. The van der Waals surface area contributed by atoms with Crippen LogP contribution >= 0.6 is 15.9 Å². The van der Waals surface area contributed by atoms with Crippen LogP contribution in [0, 0.1) is 0 Å². The second kappa shape index (κ2) is 4.25. The summed E-state index contributed by atoms with van der Waals surface area (Å²) in [5.74, 6) is -0.862. The fourth-order valence-corrected chi connectivity index (χ4v) is 2.85. The number of carboxylic acid groups (broad SMARTS) is 1. The summed E-state index contributed by atoms with van der Waals surface area (Å²) in [6.45, 7) is 0. The maximum absolute atomic E-state index is 11.0. The van der Waals surface area contributed by atoms with E-state index in [0.29, 0.717) is 5.56 Å². The predicted octanol–water partition coefficient (Wildman–Crippen LogP) is 3.64. The molecule has 0 spiro atoms. The summed E-state index contributed by atoms with van der Waals surface area (Å²) in [5, 5.41) is 9.01. The third kappa shape index (κ3) is 1.95. The van der Waals surface area contributed by atoms with E-state index < -0.39 is 5.97 Å². The number of benzene rings is 2. The average Bonchev–Trinajstić information content (AvgIpc) is 2.35. The molecule has 1 N–H and O–H groups in total. The molecule has 2 nitrogen and oxygen atoms in total. The van der Waals surface area contributed by atoms with Crippen LogP contribution in [0.4, 0.5) is 0 Å². The Kier molecular flexibility index (Phi) is 2.71. The predicted molar refractivity (Wildman–Crippen MR) is 73.2 cm³/mol. The summed E-state index contributed by atoms with van der Waals surface area (Å²) < 4.78 is 1.09. The van der Waals surface area contributed by atoms with Crippen LogP contribution in [0.15, 0.2) is 40.9 Å². The van der Waals surface area contributed by atoms with E-state index in [4.69, 9.17) is 5.11 Å². The second-order valence-corrected chi connectivity index (χ2v) is 5.47. The molecule has 2 aromatic carbocycles. The van der Waals surface area contributed by atoms with Gasteiger partial charge in [0.2, 0.25) is 0 Å². The van der Waals surface area contributed by atoms with Gasteiger partial charge in [-0.25, -0.2) is 4.79 Å². The molecule has 0 aromatic heterocycles. The Bertz CT molecular complexity index is 647. The van der Waals surface area contributed by atoms with Crippen molar-refractivity contribution in [2.24, 2.45) is 0 Å². The Morgan fingerprint density at radius 2 is 1.56 bits per heavy atom. The molecule has 0 fully saturated rings. The topological polar surface area (TPSA) is 37.3 Å². The fourth-order valence-electron chi connectivity index (χ4n) is 2.44. The van der Waals surface area contributed by atoms with Gasteiger partial charge in [-0.2, -0.15) is 0 Å². The van der Waals surface area contributed by atoms with Gasteiger partial charge >= 0.3 is 5.97 Å². The number of aromatic carboxylic acids is 1. The van der Waals surface area contributed by atoms with E-state index >= 15 is 0 Å². The van der Waals surface area contributed by atoms with Gasteiger partial charge in [0.05, 0.1) is 5.56 Å². The van der Waals surface area contributed by atoms with Gasteiger partial charge < -0.3 is 5.11 Å². The molecule has 90 valence electrons. The largest absolute Gasteiger partial charge is 0.478 e. The van der Waals surface area contributed by atoms with E-state index in [1.54, 1.807) is 12.1 Å². The van der Waals surface area contributed by atoms with Crippen molar-refractivity contribution in [2.45, 2.75) is 12.8 Å². The van der Waals surface area contributed by atoms with Gasteiger partial charge in [-0.1, -0.05) is 28.1 Å². The Morgan fingerprint density at radius 3 is 2.22 bits per heavy atom. The molecule has 0 heterocycles. The molecular weight excluding hydrogens is 292 g/mol. The van der Waals surface area contributed by atoms with Crippen LogP contribution in [0.5, 0.6) is 0 Å². The lowest BCUT2D eigenvalue weighted by Gasteiger charge is -2.20. The molecule has 0 saturated heterocycles. The quantitative estimate of drug-likeness (QED) is 0.745. The first-order valence-electron chi connectivity index (χ1n) is 5.76. The van der Waals surface area contributed by atoms with Crippen molar-refractivity contribution in [3.05, 3.63) is 68.7 Å². The zero-order valence-corrected chi connectivity index (χ0v) is 11.2. The Morgan fingerprint density at radius 1 is 0.944 bits per heavy atom. The Hall–Kier alpha value is -1.61. The molecule has 1 aliphatic rings. The second-order valence-electron chi connectivity index (χ2n) is 4.56. The summed E-state index contributed by atoms with van der Waals surface area (Å²) in [4.78, 5) is 11.0. The number of rotatable bonds is 1. The van der Waals surface area contributed by atoms with Crippen LogP contribution in [-0.4, -0.2) is 11.1 Å². The minimum Gasteiger partial charge on any atom is -0.478 e. The molecule has 2 aromatic rings. The smallest absolute Gasteiger partial charge is 0.335 e. The third-order valence-corrected chi connectivity index (χ3v) is 3.88. The first-order valence-corrected chi connectivity index (χ1v) is 6.55. The maximum atomic E-state index is 11.0. The summed E-state index contributed by atoms with van der Waals surface area (Å²) >= 11 is 3.48. The molecule has 0 saturated carbocycles. The van der Waals surface area contributed by atoms with Crippen molar-refractivity contribution in [3.8, 4) is 0 Å². The van der Waals surface area contributed by atoms with Gasteiger partial charge in [-0.3, -0.25) is 0 Å². The maximum Gasteiger partial charge on any atom is 0.335 e. The summed E-state index contributed by atoms with van der Waals surface area (Å²) in [7, 11) is 0. The van der Waals surface area contributed by atoms with Gasteiger partial charge in [-0.05, 0) is 59.4 Å². The van der Waals surface area contributed by atoms with Gasteiger partial charge in [0.25, 0.3) is 0 Å². The molecule has 0 aliphatic heterocycles. The molecule has 1 aliphatic carbocycles. The molecule has 3 rings (SSSR count). The number of fused-ring (bicyclic) bond motifs is 2. The highest BCUT2D eigenvalue weighted by molar-refractivity contribution is 9.10. The lowest BCUT2D eigenvalue weighted by Crippen LogP contribution is -2.09. The van der Waals surface area contributed by atoms with E-state index in [1.165, 1.54) is 16.7 Å². The summed E-state index contributed by atoms with van der Waals surface area (Å²) in [6.07, 6.45) is 1.70. The van der Waals surface area contributed by atoms with Gasteiger partial charge in [0, 0.05) is 4.47 Å². The number of hydrogen-bond donors (Lipinski definition) is 1. The van der Waals surface area contributed by atoms with Crippen molar-refractivity contribution < 1.29 is 9.90 Å². The minimum atomic E-state index is -0.862. The molecule has 0 bridgehead atoms. The normalized spacial score (nSPS) is 12.7. The van der Waals surface area contributed by atoms with Gasteiger partial charge in [0.1, 0.15) is 0 Å². The average molecular weight is 303 g/mol. The lowest BCUT2D eigenvalue weighted by molar-refractivity contribution is 0.0697. The lowest BCUT2D eigenvalue weighted by atomic mass is 9.85. The van der Waals surface area contributed by atoms with Crippen LogP contribution in [0.3, 0.4) is 0 Å². The molecule has 0 atom stereocenters. The van der Waals surface area contributed by atoms with Crippen molar-refractivity contribution in [2.75, 3.05) is 0 Å². The Balaban J connectivity index is 2.05. The molecule has 18 heavy (non-hydrogen) atoms. The van der Waals surface area contributed by atoms with E-state index in [0.717, 1.165) is 22.9 Å². The molecule has 0 unspecified atom stereocenters. The molecule has 3 heteroatoms. The van der Waals surface area contributed by atoms with Crippen molar-refractivity contribution in [1.29, 1.82) is 0 Å². The van der Waals surface area contributed by atoms with Crippen molar-refractivity contribution >= 4 is 21.9 Å². The van der Waals surface area contributed by atoms with E-state index in [2.05, 4.69) is 28.1 Å². The highest BCUT2D eigenvalue weighted by Crippen LogP contribution is 2.29. The monoisotopic (exact) mass is 302 g/mol. The Labute approximate surface area is 113 Å². The highest BCUT2D eigenvalue weighted by atomic mass is 79.9. The van der Waals surface area contributed by atoms with E-state index in [1.807, 2.05) is 12.1 Å². The zero-order valence-electron chi connectivity index (χ0n) is 9.61. The number of halogens is 1. The van der Waals surface area contributed by atoms with Crippen LogP contribution in [0.2, 0.25) is 0 Å². The highest BCUT2D eigenvalue weighted by Gasteiger charge is 2.16. The van der Waals surface area contributed by atoms with Crippen LogP contribution < -0.4 is 0 Å². The van der Waals surface area contributed by atoms with Crippen LogP contribution in [-0.2, 0) is 12.8 Å². The zero-order chi connectivity index (χ0) is 12.7. The molecule has 0 amide bonds. The van der Waals surface area contributed by atoms with Crippen LogP contribution in [0.1, 0.15) is 32.6 Å². The van der Waals surface area contributed by atoms with E-state index in [9.17, 15) is 4.79 Å². The minimum absolute atomic E-state index is 0.370. The van der Waals surface area contributed by atoms with Gasteiger partial charge in [-0.15, -0.1) is 0 Å².